The van der Waals surface area contributed by atoms with E-state index in [0.29, 0.717) is 12.3 Å². The van der Waals surface area contributed by atoms with Gasteiger partial charge in [0.05, 0.1) is 0 Å². The molecule has 0 spiro atoms. The Labute approximate surface area is 147 Å². The standard InChI is InChI=1S/C22H29OP/c1-2-3-4-5-6-13-18-24(23,19-21-14-9-7-10-15-21)20-22-16-11-8-12-17-22/h7-18H,2-6,19-20H2,1H3/b18-13+. The van der Waals surface area contributed by atoms with E-state index in [2.05, 4.69) is 37.3 Å². The highest BCUT2D eigenvalue weighted by atomic mass is 31.2. The summed E-state index contributed by atoms with van der Waals surface area (Å²) in [5, 5.41) is 0. The SMILES string of the molecule is CCCCCC/C=C/P(=O)(Cc1ccccc1)Cc1ccccc1. The lowest BCUT2D eigenvalue weighted by atomic mass is 10.2. The summed E-state index contributed by atoms with van der Waals surface area (Å²) in [7, 11) is -2.40. The van der Waals surface area contributed by atoms with Gasteiger partial charge in [-0.3, -0.25) is 0 Å². The Balaban J connectivity index is 2.05. The van der Waals surface area contributed by atoms with Gasteiger partial charge < -0.3 is 4.57 Å². The molecule has 0 fully saturated rings. The number of benzene rings is 2. The molecule has 0 aromatic heterocycles. The smallest absolute Gasteiger partial charge is 0.116 e. The quantitative estimate of drug-likeness (QED) is 0.329. The lowest BCUT2D eigenvalue weighted by molar-refractivity contribution is 0.579. The second kappa shape index (κ2) is 10.3. The van der Waals surface area contributed by atoms with Gasteiger partial charge in [0.2, 0.25) is 0 Å². The van der Waals surface area contributed by atoms with Crippen LogP contribution in [-0.4, -0.2) is 0 Å². The van der Waals surface area contributed by atoms with Crippen molar-refractivity contribution in [2.24, 2.45) is 0 Å². The predicted molar refractivity (Wildman–Crippen MR) is 106 cm³/mol. The van der Waals surface area contributed by atoms with E-state index in [1.54, 1.807) is 0 Å². The van der Waals surface area contributed by atoms with Gasteiger partial charge in [-0.15, -0.1) is 0 Å². The van der Waals surface area contributed by atoms with Crippen molar-refractivity contribution in [3.8, 4) is 0 Å². The van der Waals surface area contributed by atoms with Crippen LogP contribution in [-0.2, 0) is 16.9 Å². The summed E-state index contributed by atoms with van der Waals surface area (Å²) >= 11 is 0. The van der Waals surface area contributed by atoms with Crippen LogP contribution in [0.15, 0.2) is 72.6 Å². The van der Waals surface area contributed by atoms with Crippen molar-refractivity contribution < 1.29 is 4.57 Å². The van der Waals surface area contributed by atoms with E-state index in [1.807, 2.05) is 42.2 Å². The van der Waals surface area contributed by atoms with Crippen LogP contribution >= 0.6 is 7.14 Å². The zero-order valence-corrected chi connectivity index (χ0v) is 15.6. The van der Waals surface area contributed by atoms with Gasteiger partial charge in [-0.1, -0.05) is 92.9 Å². The summed E-state index contributed by atoms with van der Waals surface area (Å²) in [6.45, 7) is 2.23. The fourth-order valence-corrected chi connectivity index (χ4v) is 5.42. The fourth-order valence-electron chi connectivity index (χ4n) is 2.90. The van der Waals surface area contributed by atoms with Crippen LogP contribution in [0.25, 0.3) is 0 Å². The Hall–Kier alpha value is -1.59. The number of allylic oxidation sites excluding steroid dienone is 1. The van der Waals surface area contributed by atoms with Crippen molar-refractivity contribution in [2.75, 3.05) is 0 Å². The Kier molecular flexibility index (Phi) is 8.05. The minimum atomic E-state index is -2.40. The molecule has 0 heterocycles. The van der Waals surface area contributed by atoms with Crippen molar-refractivity contribution >= 4 is 7.14 Å². The maximum atomic E-state index is 13.6. The fraction of sp³-hybridized carbons (Fsp3) is 0.364. The molecule has 0 N–H and O–H groups in total. The first-order chi connectivity index (χ1) is 11.7. The summed E-state index contributed by atoms with van der Waals surface area (Å²) < 4.78 is 13.6. The maximum absolute atomic E-state index is 13.6. The molecule has 0 saturated heterocycles. The van der Waals surface area contributed by atoms with Crippen molar-refractivity contribution in [1.29, 1.82) is 0 Å². The molecule has 0 unspecified atom stereocenters. The lowest BCUT2D eigenvalue weighted by Crippen LogP contribution is -1.92. The molecule has 0 bridgehead atoms. The second-order valence-corrected chi connectivity index (χ2v) is 9.31. The molecular weight excluding hydrogens is 311 g/mol. The molecule has 24 heavy (non-hydrogen) atoms. The van der Waals surface area contributed by atoms with Crippen LogP contribution in [0.1, 0.15) is 50.2 Å². The summed E-state index contributed by atoms with van der Waals surface area (Å²) in [5.74, 6) is 2.03. The minimum absolute atomic E-state index is 0.647. The van der Waals surface area contributed by atoms with Crippen molar-refractivity contribution in [1.82, 2.24) is 0 Å². The van der Waals surface area contributed by atoms with E-state index in [9.17, 15) is 4.57 Å². The molecule has 1 nitrogen and oxygen atoms in total. The molecule has 0 radical (unpaired) electrons. The molecular formula is C22H29OP. The Morgan fingerprint density at radius 2 is 1.33 bits per heavy atom. The summed E-state index contributed by atoms with van der Waals surface area (Å²) in [5.41, 5.74) is 2.32. The number of hydrogen-bond acceptors (Lipinski definition) is 1. The first-order valence-electron chi connectivity index (χ1n) is 9.05. The number of unbranched alkanes of at least 4 members (excludes halogenated alkanes) is 4. The molecule has 2 aromatic rings. The highest BCUT2D eigenvalue weighted by Crippen LogP contribution is 2.53. The Morgan fingerprint density at radius 1 is 0.792 bits per heavy atom. The Bertz CT molecular complexity index is 601. The van der Waals surface area contributed by atoms with Crippen LogP contribution < -0.4 is 0 Å². The predicted octanol–water partition coefficient (Wildman–Crippen LogP) is 7.23. The third-order valence-corrected chi connectivity index (χ3v) is 6.74. The van der Waals surface area contributed by atoms with E-state index in [-0.39, 0.29) is 0 Å². The molecule has 2 aromatic carbocycles. The van der Waals surface area contributed by atoms with E-state index in [1.165, 1.54) is 25.7 Å². The van der Waals surface area contributed by atoms with Crippen LogP contribution in [0.3, 0.4) is 0 Å². The molecule has 0 aliphatic carbocycles. The van der Waals surface area contributed by atoms with Gasteiger partial charge in [0, 0.05) is 12.3 Å². The van der Waals surface area contributed by atoms with Crippen LogP contribution in [0.4, 0.5) is 0 Å². The molecule has 0 atom stereocenters. The Morgan fingerprint density at radius 3 is 1.83 bits per heavy atom. The molecule has 0 saturated carbocycles. The van der Waals surface area contributed by atoms with Crippen LogP contribution in [0.2, 0.25) is 0 Å². The summed E-state index contributed by atoms with van der Waals surface area (Å²) in [4.78, 5) is 0. The van der Waals surface area contributed by atoms with Gasteiger partial charge in [0.1, 0.15) is 7.14 Å². The molecule has 128 valence electrons. The molecule has 2 heteroatoms. The lowest BCUT2D eigenvalue weighted by Gasteiger charge is -2.15. The molecule has 2 rings (SSSR count). The van der Waals surface area contributed by atoms with Gasteiger partial charge in [-0.25, -0.2) is 0 Å². The number of rotatable bonds is 10. The van der Waals surface area contributed by atoms with Crippen LogP contribution in [0.5, 0.6) is 0 Å². The highest BCUT2D eigenvalue weighted by molar-refractivity contribution is 7.65. The maximum Gasteiger partial charge on any atom is 0.116 e. The third kappa shape index (κ3) is 6.89. The van der Waals surface area contributed by atoms with E-state index >= 15 is 0 Å². The van der Waals surface area contributed by atoms with Gasteiger partial charge in [0.25, 0.3) is 0 Å². The molecule has 0 aliphatic heterocycles. The minimum Gasteiger partial charge on any atom is -0.319 e. The third-order valence-electron chi connectivity index (χ3n) is 4.19. The van der Waals surface area contributed by atoms with E-state index in [4.69, 9.17) is 0 Å². The van der Waals surface area contributed by atoms with Gasteiger partial charge in [-0.2, -0.15) is 0 Å². The topological polar surface area (TPSA) is 17.1 Å². The molecule has 0 aliphatic rings. The van der Waals surface area contributed by atoms with E-state index in [0.717, 1.165) is 17.5 Å². The van der Waals surface area contributed by atoms with Gasteiger partial charge in [-0.05, 0) is 29.8 Å². The molecule has 0 amide bonds. The normalized spacial score (nSPS) is 11.9. The average molecular weight is 340 g/mol. The van der Waals surface area contributed by atoms with Gasteiger partial charge >= 0.3 is 0 Å². The average Bonchev–Trinajstić information content (AvgIpc) is 2.60. The number of hydrogen-bond donors (Lipinski definition) is 0. The van der Waals surface area contributed by atoms with Crippen LogP contribution in [0, 0.1) is 0 Å². The van der Waals surface area contributed by atoms with Crippen molar-refractivity contribution in [3.63, 3.8) is 0 Å². The zero-order chi connectivity index (χ0) is 17.1. The monoisotopic (exact) mass is 340 g/mol. The first kappa shape index (κ1) is 18.7. The summed E-state index contributed by atoms with van der Waals surface area (Å²) in [6.07, 6.45) is 9.49. The van der Waals surface area contributed by atoms with Crippen molar-refractivity contribution in [2.45, 2.75) is 51.4 Å². The second-order valence-electron chi connectivity index (χ2n) is 6.47. The summed E-state index contributed by atoms with van der Waals surface area (Å²) in [6, 6.07) is 20.4. The largest absolute Gasteiger partial charge is 0.319 e. The zero-order valence-electron chi connectivity index (χ0n) is 14.7. The van der Waals surface area contributed by atoms with Crippen molar-refractivity contribution in [3.05, 3.63) is 83.7 Å². The van der Waals surface area contributed by atoms with Gasteiger partial charge in [0.15, 0.2) is 0 Å². The highest BCUT2D eigenvalue weighted by Gasteiger charge is 2.19. The van der Waals surface area contributed by atoms with E-state index < -0.39 is 7.14 Å². The first-order valence-corrected chi connectivity index (χ1v) is 11.2.